The first-order valence-electron chi connectivity index (χ1n) is 9.65. The van der Waals surface area contributed by atoms with Crippen molar-refractivity contribution < 1.29 is 19.1 Å². The van der Waals surface area contributed by atoms with Gasteiger partial charge < -0.3 is 4.74 Å². The van der Waals surface area contributed by atoms with Gasteiger partial charge in [0.05, 0.1) is 9.26 Å². The zero-order chi connectivity index (χ0) is 23.5. The Hall–Kier alpha value is -2.50. The third kappa shape index (κ3) is 5.53. The number of rotatable bonds is 5. The molecule has 33 heavy (non-hydrogen) atoms. The second-order valence-corrected chi connectivity index (χ2v) is 10.0. The maximum Gasteiger partial charge on any atom is 0.335 e. The molecule has 4 rings (SSSR count). The molecule has 4 amide bonds. The van der Waals surface area contributed by atoms with Crippen LogP contribution >= 0.6 is 54.5 Å². The monoisotopic (exact) mass is 680 g/mol. The summed E-state index contributed by atoms with van der Waals surface area (Å²) in [6.07, 6.45) is 1.47. The lowest BCUT2D eigenvalue weighted by molar-refractivity contribution is -0.122. The molecule has 6 nitrogen and oxygen atoms in total. The largest absolute Gasteiger partial charge is 0.488 e. The van der Waals surface area contributed by atoms with Crippen LogP contribution in [0.1, 0.15) is 11.1 Å². The van der Waals surface area contributed by atoms with E-state index in [-0.39, 0.29) is 5.57 Å². The minimum Gasteiger partial charge on any atom is -0.488 e. The molecule has 1 fully saturated rings. The molecule has 0 bridgehead atoms. The number of carbonyl (C=O) groups excluding carboxylic acids is 3. The summed E-state index contributed by atoms with van der Waals surface area (Å²) in [5.74, 6) is -0.729. The number of nitrogens with one attached hydrogen (secondary N) is 1. The maximum absolute atomic E-state index is 13.0. The summed E-state index contributed by atoms with van der Waals surface area (Å²) < 4.78 is 8.53. The summed E-state index contributed by atoms with van der Waals surface area (Å²) in [5.41, 5.74) is 1.91. The number of halogens is 3. The van der Waals surface area contributed by atoms with Crippen molar-refractivity contribution in [3.8, 4) is 5.75 Å². The van der Waals surface area contributed by atoms with Crippen LogP contribution in [0.3, 0.4) is 0 Å². The first-order valence-corrected chi connectivity index (χ1v) is 12.3. The van der Waals surface area contributed by atoms with Crippen LogP contribution in [0.4, 0.5) is 10.5 Å². The van der Waals surface area contributed by atoms with Gasteiger partial charge in [0.2, 0.25) is 0 Å². The highest BCUT2D eigenvalue weighted by molar-refractivity contribution is 14.1. The van der Waals surface area contributed by atoms with E-state index in [1.807, 2.05) is 30.3 Å². The lowest BCUT2D eigenvalue weighted by Gasteiger charge is -2.26. The predicted octanol–water partition coefficient (Wildman–Crippen LogP) is 6.06. The maximum atomic E-state index is 13.0. The fourth-order valence-corrected chi connectivity index (χ4v) is 4.34. The molecule has 9 heteroatoms. The molecule has 0 aliphatic carbocycles. The fraction of sp³-hybridized carbons (Fsp3) is 0.0417. The Morgan fingerprint density at radius 2 is 1.55 bits per heavy atom. The smallest absolute Gasteiger partial charge is 0.335 e. The molecule has 0 spiro atoms. The van der Waals surface area contributed by atoms with E-state index in [4.69, 9.17) is 4.74 Å². The molecular weight excluding hydrogens is 667 g/mol. The van der Waals surface area contributed by atoms with Crippen molar-refractivity contribution in [3.05, 3.63) is 95.9 Å². The average Bonchev–Trinajstić information content (AvgIpc) is 2.78. The number of carbonyl (C=O) groups is 3. The lowest BCUT2D eigenvalue weighted by Crippen LogP contribution is -2.54. The summed E-state index contributed by atoms with van der Waals surface area (Å²) in [7, 11) is 0. The lowest BCUT2D eigenvalue weighted by atomic mass is 10.1. The van der Waals surface area contributed by atoms with Gasteiger partial charge in [0.1, 0.15) is 17.9 Å². The van der Waals surface area contributed by atoms with Crippen LogP contribution in [0.25, 0.3) is 6.08 Å². The molecule has 0 radical (unpaired) electrons. The number of barbiturate groups is 1. The number of nitrogens with zero attached hydrogens (tertiary/aromatic N) is 1. The number of amides is 4. The van der Waals surface area contributed by atoms with Gasteiger partial charge >= 0.3 is 6.03 Å². The molecule has 1 N–H and O–H groups in total. The van der Waals surface area contributed by atoms with Gasteiger partial charge in [-0.2, -0.15) is 0 Å². The average molecular weight is 682 g/mol. The van der Waals surface area contributed by atoms with Crippen LogP contribution in [-0.4, -0.2) is 17.8 Å². The second kappa shape index (κ2) is 10.2. The van der Waals surface area contributed by atoms with Crippen molar-refractivity contribution in [1.29, 1.82) is 0 Å². The van der Waals surface area contributed by atoms with Gasteiger partial charge in [-0.25, -0.2) is 9.69 Å². The topological polar surface area (TPSA) is 75.7 Å². The molecule has 0 unspecified atom stereocenters. The quantitative estimate of drug-likeness (QED) is 0.202. The van der Waals surface area contributed by atoms with Crippen molar-refractivity contribution in [2.45, 2.75) is 6.61 Å². The number of imide groups is 2. The van der Waals surface area contributed by atoms with Crippen LogP contribution in [0, 0.1) is 3.57 Å². The predicted molar refractivity (Wildman–Crippen MR) is 141 cm³/mol. The summed E-state index contributed by atoms with van der Waals surface area (Å²) in [6, 6.07) is 19.1. The standard InChI is InChI=1S/C24H15Br2IN2O4/c25-16-4-1-14(2-5-16)13-33-21-10-3-15(12-20(21)27)11-19-22(30)28-24(32)29(23(19)31)18-8-6-17(26)7-9-18/h1-12H,13H2,(H,28,30,32)/b19-11+. The van der Waals surface area contributed by atoms with Crippen molar-refractivity contribution in [2.75, 3.05) is 4.90 Å². The van der Waals surface area contributed by atoms with Crippen LogP contribution in [0.15, 0.2) is 81.2 Å². The van der Waals surface area contributed by atoms with E-state index in [0.29, 0.717) is 23.6 Å². The van der Waals surface area contributed by atoms with E-state index in [9.17, 15) is 14.4 Å². The Bertz CT molecular complexity index is 1270. The van der Waals surface area contributed by atoms with Gasteiger partial charge in [-0.05, 0) is 88.3 Å². The summed E-state index contributed by atoms with van der Waals surface area (Å²) in [6.45, 7) is 0.412. The van der Waals surface area contributed by atoms with Gasteiger partial charge in [0.15, 0.2) is 0 Å². The number of urea groups is 1. The van der Waals surface area contributed by atoms with Crippen molar-refractivity contribution in [3.63, 3.8) is 0 Å². The highest BCUT2D eigenvalue weighted by atomic mass is 127. The summed E-state index contributed by atoms with van der Waals surface area (Å²) >= 11 is 8.87. The number of anilines is 1. The zero-order valence-electron chi connectivity index (χ0n) is 16.8. The van der Waals surface area contributed by atoms with Crippen LogP contribution in [0.5, 0.6) is 5.75 Å². The van der Waals surface area contributed by atoms with E-state index >= 15 is 0 Å². The number of hydrogen-bond donors (Lipinski definition) is 1. The molecule has 1 saturated heterocycles. The number of ether oxygens (including phenoxy) is 1. The van der Waals surface area contributed by atoms with Crippen molar-refractivity contribution in [2.24, 2.45) is 0 Å². The molecule has 3 aromatic carbocycles. The van der Waals surface area contributed by atoms with Crippen LogP contribution in [-0.2, 0) is 16.2 Å². The van der Waals surface area contributed by atoms with Gasteiger partial charge in [-0.3, -0.25) is 14.9 Å². The van der Waals surface area contributed by atoms with Crippen molar-refractivity contribution in [1.82, 2.24) is 5.32 Å². The van der Waals surface area contributed by atoms with Gasteiger partial charge in [-0.15, -0.1) is 0 Å². The molecule has 1 aliphatic heterocycles. The molecule has 0 atom stereocenters. The van der Waals surface area contributed by atoms with Gasteiger partial charge in [-0.1, -0.05) is 50.1 Å². The minimum absolute atomic E-state index is 0.128. The normalized spacial score (nSPS) is 15.1. The van der Waals surface area contributed by atoms with E-state index in [2.05, 4.69) is 59.8 Å². The van der Waals surface area contributed by atoms with Gasteiger partial charge in [0.25, 0.3) is 11.8 Å². The third-order valence-corrected chi connectivity index (χ3v) is 6.66. The molecule has 1 heterocycles. The molecule has 1 aliphatic rings. The van der Waals surface area contributed by atoms with Crippen LogP contribution in [0.2, 0.25) is 0 Å². The van der Waals surface area contributed by atoms with E-state index in [0.717, 1.165) is 23.0 Å². The Morgan fingerprint density at radius 1 is 0.909 bits per heavy atom. The first-order chi connectivity index (χ1) is 15.8. The second-order valence-electron chi connectivity index (χ2n) is 7.04. The molecule has 0 saturated carbocycles. The highest BCUT2D eigenvalue weighted by Gasteiger charge is 2.36. The number of benzene rings is 3. The van der Waals surface area contributed by atoms with E-state index in [1.54, 1.807) is 36.4 Å². The first kappa shape index (κ1) is 23.7. The Morgan fingerprint density at radius 3 is 2.18 bits per heavy atom. The molecule has 3 aromatic rings. The Labute approximate surface area is 220 Å². The SMILES string of the molecule is O=C1NC(=O)N(c2ccc(Br)cc2)C(=O)/C1=C/c1ccc(OCc2ccc(Br)cc2)c(I)c1. The summed E-state index contributed by atoms with van der Waals surface area (Å²) in [4.78, 5) is 38.7. The molecule has 166 valence electrons. The highest BCUT2D eigenvalue weighted by Crippen LogP contribution is 2.27. The minimum atomic E-state index is -0.782. The van der Waals surface area contributed by atoms with E-state index in [1.165, 1.54) is 6.08 Å². The Balaban J connectivity index is 1.55. The fourth-order valence-electron chi connectivity index (χ4n) is 3.11. The van der Waals surface area contributed by atoms with Gasteiger partial charge in [0, 0.05) is 8.95 Å². The van der Waals surface area contributed by atoms with E-state index < -0.39 is 17.8 Å². The third-order valence-electron chi connectivity index (χ3n) is 4.76. The zero-order valence-corrected chi connectivity index (χ0v) is 22.2. The summed E-state index contributed by atoms with van der Waals surface area (Å²) in [5, 5.41) is 2.23. The Kier molecular flexibility index (Phi) is 7.30. The number of hydrogen-bond acceptors (Lipinski definition) is 4. The van der Waals surface area contributed by atoms with Crippen molar-refractivity contribution >= 4 is 84.1 Å². The van der Waals surface area contributed by atoms with Crippen LogP contribution < -0.4 is 15.0 Å². The molecule has 0 aromatic heterocycles. The molecular formula is C24H15Br2IN2O4.